The Morgan fingerprint density at radius 2 is 0.734 bits per heavy atom. The van der Waals surface area contributed by atoms with Gasteiger partial charge in [-0.25, -0.2) is 0 Å². The second-order valence-electron chi connectivity index (χ2n) is 17.4. The minimum absolute atomic E-state index is 0.0183. The summed E-state index contributed by atoms with van der Waals surface area (Å²) in [5.41, 5.74) is 14.9. The third kappa shape index (κ3) is 5.71. The smallest absolute Gasteiger partial charge is 0.0831 e. The molecule has 13 rings (SSSR count). The van der Waals surface area contributed by atoms with E-state index in [-0.39, 0.29) is 6.10 Å². The molecule has 304 valence electrons. The monoisotopic (exact) mass is 820 g/mol. The molecule has 0 saturated carbocycles. The Morgan fingerprint density at radius 1 is 0.312 bits per heavy atom. The molecular weight excluding hydrogens is 777 g/mol. The molecule has 0 radical (unpaired) electrons. The molecular formula is C61H44N2O. The van der Waals surface area contributed by atoms with Gasteiger partial charge in [-0.2, -0.15) is 0 Å². The number of benzene rings is 10. The van der Waals surface area contributed by atoms with Crippen LogP contribution in [0.15, 0.2) is 218 Å². The highest BCUT2D eigenvalue weighted by atomic mass is 16.5. The van der Waals surface area contributed by atoms with E-state index in [1.54, 1.807) is 0 Å². The Hall–Kier alpha value is -7.72. The molecule has 0 spiro atoms. The number of para-hydroxylation sites is 6. The lowest BCUT2D eigenvalue weighted by molar-refractivity contribution is 0.00350. The van der Waals surface area contributed by atoms with Crippen LogP contribution in [0.1, 0.15) is 36.0 Å². The first-order chi connectivity index (χ1) is 31.8. The summed E-state index contributed by atoms with van der Waals surface area (Å²) >= 11 is 0. The molecule has 2 atom stereocenters. The van der Waals surface area contributed by atoms with Crippen molar-refractivity contribution in [2.45, 2.75) is 24.9 Å². The summed E-state index contributed by atoms with van der Waals surface area (Å²) in [6.07, 6.45) is 2.03. The lowest BCUT2D eigenvalue weighted by Gasteiger charge is -2.31. The van der Waals surface area contributed by atoms with E-state index in [2.05, 4.69) is 228 Å². The Morgan fingerprint density at radius 3 is 1.23 bits per heavy atom. The average Bonchev–Trinajstić information content (AvgIpc) is 3.90. The summed E-state index contributed by atoms with van der Waals surface area (Å²) in [7, 11) is 0. The van der Waals surface area contributed by atoms with Gasteiger partial charge in [-0.05, 0) is 93.0 Å². The molecule has 2 unspecified atom stereocenters. The van der Waals surface area contributed by atoms with Crippen molar-refractivity contribution in [1.82, 2.24) is 9.13 Å². The first-order valence-electron chi connectivity index (χ1n) is 22.6. The third-order valence-electron chi connectivity index (χ3n) is 14.0. The normalized spacial score (nSPS) is 15.6. The maximum atomic E-state index is 6.98. The Balaban J connectivity index is 0.862. The molecule has 3 nitrogen and oxygen atoms in total. The number of fused-ring (bicyclic) bond motifs is 8. The van der Waals surface area contributed by atoms with Crippen molar-refractivity contribution in [3.8, 4) is 33.6 Å². The van der Waals surface area contributed by atoms with E-state index < -0.39 is 0 Å². The lowest BCUT2D eigenvalue weighted by atomic mass is 9.84. The highest BCUT2D eigenvalue weighted by Crippen LogP contribution is 2.46. The maximum Gasteiger partial charge on any atom is 0.0831 e. The van der Waals surface area contributed by atoms with Gasteiger partial charge in [0.05, 0.1) is 34.8 Å². The number of hydrogen-bond acceptors (Lipinski definition) is 1. The first kappa shape index (κ1) is 36.9. The predicted octanol–water partition coefficient (Wildman–Crippen LogP) is 16.2. The van der Waals surface area contributed by atoms with Gasteiger partial charge in [0.2, 0.25) is 0 Å². The van der Waals surface area contributed by atoms with Crippen LogP contribution in [0.4, 0.5) is 0 Å². The number of hydrogen-bond donors (Lipinski definition) is 0. The molecule has 1 aliphatic rings. The van der Waals surface area contributed by atoms with E-state index in [4.69, 9.17) is 4.74 Å². The van der Waals surface area contributed by atoms with Crippen LogP contribution in [-0.2, 0) is 4.74 Å². The Kier molecular flexibility index (Phi) is 8.63. The standard InChI is InChI=1S/C61H44N2O/c1-3-17-41(18-4-1)62-57-31-13-11-25-50(57)55-29-15-27-53(60(55)62)48-35-34-43(44-21-7-8-22-45(44)48)40-33-38-59(64-39-40)52-37-36-49(46-23-9-10-24-47(46)52)54-28-16-30-56-51-26-12-14-32-58(51)63(61(54)56)42-19-5-2-6-20-42/h1-32,34-37,40,59H,33,38-39H2. The van der Waals surface area contributed by atoms with Crippen LogP contribution in [0, 0.1) is 0 Å². The summed E-state index contributed by atoms with van der Waals surface area (Å²) in [5, 5.41) is 10.2. The zero-order valence-electron chi connectivity index (χ0n) is 35.4. The van der Waals surface area contributed by atoms with Crippen LogP contribution in [0.25, 0.3) is 98.8 Å². The molecule has 0 bridgehead atoms. The number of rotatable bonds is 6. The Labute approximate surface area is 372 Å². The second kappa shape index (κ2) is 15.0. The molecule has 12 aromatic rings. The fourth-order valence-electron chi connectivity index (χ4n) is 11.2. The van der Waals surface area contributed by atoms with Crippen molar-refractivity contribution in [2.75, 3.05) is 6.61 Å². The SMILES string of the molecule is c1ccc(-n2c3ccccc3c3cccc(-c4ccc(C5CCC(c6ccc(-c7cccc8c9ccccc9n(-c9ccccc9)c78)c7ccccc67)OC5)c5ccccc45)c32)cc1. The molecule has 64 heavy (non-hydrogen) atoms. The average molecular weight is 821 g/mol. The van der Waals surface area contributed by atoms with Gasteiger partial charge in [0.25, 0.3) is 0 Å². The van der Waals surface area contributed by atoms with Crippen molar-refractivity contribution >= 4 is 65.2 Å². The second-order valence-corrected chi connectivity index (χ2v) is 17.4. The van der Waals surface area contributed by atoms with Gasteiger partial charge in [-0.1, -0.05) is 182 Å². The van der Waals surface area contributed by atoms with Crippen LogP contribution in [-0.4, -0.2) is 15.7 Å². The van der Waals surface area contributed by atoms with Gasteiger partial charge in [0, 0.05) is 50.0 Å². The van der Waals surface area contributed by atoms with Crippen molar-refractivity contribution < 1.29 is 4.74 Å². The third-order valence-corrected chi connectivity index (χ3v) is 14.0. The molecule has 10 aromatic carbocycles. The minimum atomic E-state index is 0.0183. The predicted molar refractivity (Wildman–Crippen MR) is 268 cm³/mol. The maximum absolute atomic E-state index is 6.98. The van der Waals surface area contributed by atoms with Crippen LogP contribution in [0.3, 0.4) is 0 Å². The largest absolute Gasteiger partial charge is 0.373 e. The van der Waals surface area contributed by atoms with Crippen LogP contribution < -0.4 is 0 Å². The van der Waals surface area contributed by atoms with Crippen LogP contribution >= 0.6 is 0 Å². The van der Waals surface area contributed by atoms with Gasteiger partial charge in [-0.3, -0.25) is 0 Å². The fraction of sp³-hybridized carbons (Fsp3) is 0.0820. The fourth-order valence-corrected chi connectivity index (χ4v) is 11.2. The number of ether oxygens (including phenoxy) is 1. The summed E-state index contributed by atoms with van der Waals surface area (Å²) in [6, 6.07) is 80.1. The molecule has 0 aliphatic carbocycles. The van der Waals surface area contributed by atoms with Gasteiger partial charge in [0.1, 0.15) is 0 Å². The van der Waals surface area contributed by atoms with E-state index in [1.807, 2.05) is 0 Å². The highest BCUT2D eigenvalue weighted by Gasteiger charge is 2.28. The van der Waals surface area contributed by atoms with E-state index in [0.29, 0.717) is 12.5 Å². The minimum Gasteiger partial charge on any atom is -0.373 e. The Bertz CT molecular complexity index is 3490. The molecule has 1 aliphatic heterocycles. The van der Waals surface area contributed by atoms with Gasteiger partial charge >= 0.3 is 0 Å². The van der Waals surface area contributed by atoms with Gasteiger partial charge in [-0.15, -0.1) is 0 Å². The lowest BCUT2D eigenvalue weighted by Crippen LogP contribution is -2.20. The number of nitrogens with zero attached hydrogens (tertiary/aromatic N) is 2. The van der Waals surface area contributed by atoms with Gasteiger partial charge in [0.15, 0.2) is 0 Å². The molecule has 2 aromatic heterocycles. The molecule has 0 N–H and O–H groups in total. The van der Waals surface area contributed by atoms with E-state index in [0.717, 1.165) is 12.8 Å². The van der Waals surface area contributed by atoms with Crippen molar-refractivity contribution in [2.24, 2.45) is 0 Å². The number of aromatic nitrogens is 2. The first-order valence-corrected chi connectivity index (χ1v) is 22.6. The molecule has 0 amide bonds. The van der Waals surface area contributed by atoms with Crippen molar-refractivity contribution in [3.63, 3.8) is 0 Å². The topological polar surface area (TPSA) is 19.1 Å². The van der Waals surface area contributed by atoms with Crippen LogP contribution in [0.5, 0.6) is 0 Å². The van der Waals surface area contributed by atoms with Crippen molar-refractivity contribution in [1.29, 1.82) is 0 Å². The summed E-state index contributed by atoms with van der Waals surface area (Å²) in [4.78, 5) is 0. The van der Waals surface area contributed by atoms with Gasteiger partial charge < -0.3 is 13.9 Å². The summed E-state index contributed by atoms with van der Waals surface area (Å²) in [6.45, 7) is 0.679. The van der Waals surface area contributed by atoms with E-state index in [1.165, 1.54) is 110 Å². The summed E-state index contributed by atoms with van der Waals surface area (Å²) in [5.74, 6) is 0.296. The van der Waals surface area contributed by atoms with Crippen molar-refractivity contribution in [3.05, 3.63) is 230 Å². The highest BCUT2D eigenvalue weighted by molar-refractivity contribution is 6.17. The van der Waals surface area contributed by atoms with Crippen LogP contribution in [0.2, 0.25) is 0 Å². The van der Waals surface area contributed by atoms with E-state index in [9.17, 15) is 0 Å². The van der Waals surface area contributed by atoms with E-state index >= 15 is 0 Å². The zero-order chi connectivity index (χ0) is 42.1. The molecule has 1 fully saturated rings. The molecule has 3 heterocycles. The quantitative estimate of drug-likeness (QED) is 0.164. The molecule has 3 heteroatoms. The summed E-state index contributed by atoms with van der Waals surface area (Å²) < 4.78 is 11.9. The zero-order valence-corrected chi connectivity index (χ0v) is 35.4. The molecule has 1 saturated heterocycles.